The second kappa shape index (κ2) is 5.15. The molecule has 0 spiro atoms. The van der Waals surface area contributed by atoms with Crippen LogP contribution in [-0.4, -0.2) is 11.8 Å². The number of allylic oxidation sites excluding steroid dienone is 3. The molecular formula is C19H25NO. The Bertz CT molecular complexity index is 516. The SMILES string of the molecule is C=C1/C(=C2\C=CC3CCCCC3N2)C(=O)C2CCCCC12. The molecule has 0 bridgehead atoms. The van der Waals surface area contributed by atoms with Crippen LogP contribution < -0.4 is 5.32 Å². The molecule has 3 aliphatic carbocycles. The zero-order valence-corrected chi connectivity index (χ0v) is 12.7. The summed E-state index contributed by atoms with van der Waals surface area (Å²) in [6, 6.07) is 0.537. The molecule has 1 heterocycles. The average molecular weight is 283 g/mol. The molecule has 1 aliphatic heterocycles. The molecule has 4 rings (SSSR count). The van der Waals surface area contributed by atoms with Crippen LogP contribution in [0.15, 0.2) is 35.6 Å². The second-order valence-corrected chi connectivity index (χ2v) is 7.23. The van der Waals surface area contributed by atoms with Crippen molar-refractivity contribution in [2.75, 3.05) is 0 Å². The molecule has 2 nitrogen and oxygen atoms in total. The van der Waals surface area contributed by atoms with Gasteiger partial charge in [-0.15, -0.1) is 0 Å². The molecule has 4 unspecified atom stereocenters. The number of fused-ring (bicyclic) bond motifs is 2. The molecule has 0 aromatic heterocycles. The van der Waals surface area contributed by atoms with E-state index in [2.05, 4.69) is 24.0 Å². The van der Waals surface area contributed by atoms with E-state index in [0.717, 1.165) is 29.7 Å². The number of hydrogen-bond donors (Lipinski definition) is 1. The molecule has 21 heavy (non-hydrogen) atoms. The van der Waals surface area contributed by atoms with Gasteiger partial charge in [0.1, 0.15) is 0 Å². The fraction of sp³-hybridized carbons (Fsp3) is 0.632. The fourth-order valence-corrected chi connectivity index (χ4v) is 4.89. The summed E-state index contributed by atoms with van der Waals surface area (Å²) in [6.07, 6.45) is 14.4. The third-order valence-electron chi connectivity index (χ3n) is 6.06. The van der Waals surface area contributed by atoms with Gasteiger partial charge >= 0.3 is 0 Å². The third-order valence-corrected chi connectivity index (χ3v) is 6.06. The highest BCUT2D eigenvalue weighted by Gasteiger charge is 2.44. The van der Waals surface area contributed by atoms with Crippen molar-refractivity contribution in [1.29, 1.82) is 0 Å². The summed E-state index contributed by atoms with van der Waals surface area (Å²) in [5, 5.41) is 3.68. The van der Waals surface area contributed by atoms with Crippen LogP contribution in [0.4, 0.5) is 0 Å². The molecule has 2 heteroatoms. The number of carbonyl (C=O) groups is 1. The molecule has 0 aromatic rings. The lowest BCUT2D eigenvalue weighted by molar-refractivity contribution is -0.119. The van der Waals surface area contributed by atoms with Crippen LogP contribution >= 0.6 is 0 Å². The Morgan fingerprint density at radius 1 is 1.00 bits per heavy atom. The van der Waals surface area contributed by atoms with E-state index >= 15 is 0 Å². The lowest BCUT2D eigenvalue weighted by Crippen LogP contribution is -2.40. The number of ketones is 1. The molecule has 4 atom stereocenters. The first kappa shape index (κ1) is 13.4. The quantitative estimate of drug-likeness (QED) is 0.683. The Morgan fingerprint density at radius 2 is 1.71 bits per heavy atom. The van der Waals surface area contributed by atoms with Crippen LogP contribution in [0, 0.1) is 17.8 Å². The number of rotatable bonds is 0. The normalized spacial score (nSPS) is 42.5. The van der Waals surface area contributed by atoms with Crippen LogP contribution in [-0.2, 0) is 4.79 Å². The van der Waals surface area contributed by atoms with E-state index in [0.29, 0.717) is 23.7 Å². The number of carbonyl (C=O) groups excluding carboxylic acids is 1. The van der Waals surface area contributed by atoms with E-state index in [9.17, 15) is 4.79 Å². The van der Waals surface area contributed by atoms with Gasteiger partial charge < -0.3 is 5.32 Å². The summed E-state index contributed by atoms with van der Waals surface area (Å²) in [5.74, 6) is 1.68. The van der Waals surface area contributed by atoms with Crippen molar-refractivity contribution >= 4 is 5.78 Å². The molecule has 4 aliphatic rings. The first-order valence-corrected chi connectivity index (χ1v) is 8.68. The Kier molecular flexibility index (Phi) is 3.28. The molecule has 0 amide bonds. The zero-order chi connectivity index (χ0) is 14.4. The van der Waals surface area contributed by atoms with E-state index in [1.54, 1.807) is 0 Å². The molecule has 112 valence electrons. The van der Waals surface area contributed by atoms with E-state index in [1.807, 2.05) is 0 Å². The van der Waals surface area contributed by atoms with Crippen molar-refractivity contribution in [3.05, 3.63) is 35.6 Å². The van der Waals surface area contributed by atoms with Gasteiger partial charge in [-0.2, -0.15) is 0 Å². The first-order valence-electron chi connectivity index (χ1n) is 8.68. The monoisotopic (exact) mass is 283 g/mol. The average Bonchev–Trinajstić information content (AvgIpc) is 2.79. The second-order valence-electron chi connectivity index (χ2n) is 7.23. The van der Waals surface area contributed by atoms with Gasteiger partial charge in [0.2, 0.25) is 0 Å². The summed E-state index contributed by atoms with van der Waals surface area (Å²) in [5.41, 5.74) is 3.13. The standard InChI is InChI=1S/C19H25NO/c1-12-14-7-3-4-8-15(14)19(21)18(12)17-11-10-13-6-2-5-9-16(13)20-17/h10-11,13-16,20H,1-9H2/b18-17-. The molecular weight excluding hydrogens is 258 g/mol. The van der Waals surface area contributed by atoms with Gasteiger partial charge in [0.25, 0.3) is 0 Å². The predicted octanol–water partition coefficient (Wildman–Crippen LogP) is 3.90. The van der Waals surface area contributed by atoms with Gasteiger partial charge in [-0.3, -0.25) is 4.79 Å². The largest absolute Gasteiger partial charge is 0.381 e. The van der Waals surface area contributed by atoms with Gasteiger partial charge in [0.05, 0.1) is 0 Å². The van der Waals surface area contributed by atoms with Crippen molar-refractivity contribution in [3.63, 3.8) is 0 Å². The number of Topliss-reactive ketones (excluding diaryl/α,β-unsaturated/α-hetero) is 1. The Balaban J connectivity index is 1.68. The van der Waals surface area contributed by atoms with Gasteiger partial charge in [-0.05, 0) is 49.2 Å². The highest BCUT2D eigenvalue weighted by Crippen LogP contribution is 2.47. The molecule has 0 aromatic carbocycles. The minimum atomic E-state index is 0.230. The molecule has 0 saturated heterocycles. The minimum absolute atomic E-state index is 0.230. The van der Waals surface area contributed by atoms with Gasteiger partial charge in [-0.25, -0.2) is 0 Å². The van der Waals surface area contributed by atoms with Crippen molar-refractivity contribution in [3.8, 4) is 0 Å². The van der Waals surface area contributed by atoms with Crippen LogP contribution in [0.1, 0.15) is 51.4 Å². The Morgan fingerprint density at radius 3 is 2.52 bits per heavy atom. The van der Waals surface area contributed by atoms with Gasteiger partial charge in [0, 0.05) is 23.2 Å². The van der Waals surface area contributed by atoms with Gasteiger partial charge in [0.15, 0.2) is 5.78 Å². The smallest absolute Gasteiger partial charge is 0.168 e. The van der Waals surface area contributed by atoms with E-state index < -0.39 is 0 Å². The Labute approximate surface area is 127 Å². The maximum Gasteiger partial charge on any atom is 0.168 e. The fourth-order valence-electron chi connectivity index (χ4n) is 4.89. The zero-order valence-electron chi connectivity index (χ0n) is 12.7. The number of hydrogen-bond acceptors (Lipinski definition) is 2. The minimum Gasteiger partial charge on any atom is -0.381 e. The van der Waals surface area contributed by atoms with Crippen molar-refractivity contribution in [2.45, 2.75) is 57.4 Å². The highest BCUT2D eigenvalue weighted by atomic mass is 16.1. The molecule has 1 N–H and O–H groups in total. The van der Waals surface area contributed by atoms with E-state index in [4.69, 9.17) is 0 Å². The summed E-state index contributed by atoms with van der Waals surface area (Å²) < 4.78 is 0. The summed E-state index contributed by atoms with van der Waals surface area (Å²) in [7, 11) is 0. The van der Waals surface area contributed by atoms with Crippen LogP contribution in [0.2, 0.25) is 0 Å². The van der Waals surface area contributed by atoms with E-state index in [1.165, 1.54) is 38.5 Å². The van der Waals surface area contributed by atoms with Crippen LogP contribution in [0.25, 0.3) is 0 Å². The summed E-state index contributed by atoms with van der Waals surface area (Å²) in [6.45, 7) is 4.30. The highest BCUT2D eigenvalue weighted by molar-refractivity contribution is 6.06. The Hall–Kier alpha value is -1.31. The molecule has 0 radical (unpaired) electrons. The lowest BCUT2D eigenvalue weighted by Gasteiger charge is -2.35. The van der Waals surface area contributed by atoms with E-state index in [-0.39, 0.29) is 5.92 Å². The maximum atomic E-state index is 12.8. The number of nitrogens with one attached hydrogen (secondary N) is 1. The molecule has 3 saturated carbocycles. The van der Waals surface area contributed by atoms with Crippen LogP contribution in [0.5, 0.6) is 0 Å². The third kappa shape index (κ3) is 2.11. The first-order chi connectivity index (χ1) is 10.3. The summed E-state index contributed by atoms with van der Waals surface area (Å²) in [4.78, 5) is 12.8. The van der Waals surface area contributed by atoms with Crippen molar-refractivity contribution in [1.82, 2.24) is 5.32 Å². The van der Waals surface area contributed by atoms with Crippen molar-refractivity contribution < 1.29 is 4.79 Å². The topological polar surface area (TPSA) is 29.1 Å². The maximum absolute atomic E-state index is 12.8. The lowest BCUT2D eigenvalue weighted by atomic mass is 9.80. The predicted molar refractivity (Wildman–Crippen MR) is 84.6 cm³/mol. The molecule has 3 fully saturated rings. The summed E-state index contributed by atoms with van der Waals surface area (Å²) >= 11 is 0. The van der Waals surface area contributed by atoms with Gasteiger partial charge in [-0.1, -0.05) is 38.3 Å². The van der Waals surface area contributed by atoms with Crippen molar-refractivity contribution in [2.24, 2.45) is 17.8 Å². The van der Waals surface area contributed by atoms with Crippen LogP contribution in [0.3, 0.4) is 0 Å².